The summed E-state index contributed by atoms with van der Waals surface area (Å²) < 4.78 is 6.97. The molecule has 2 aromatic rings. The highest BCUT2D eigenvalue weighted by atomic mass is 79.9. The van der Waals surface area contributed by atoms with Crippen LogP contribution in [0, 0.1) is 13.8 Å². The molecule has 0 radical (unpaired) electrons. The second-order valence-electron chi connectivity index (χ2n) is 8.12. The Morgan fingerprint density at radius 2 is 1.68 bits per heavy atom. The van der Waals surface area contributed by atoms with Crippen molar-refractivity contribution in [2.45, 2.75) is 39.2 Å². The zero-order valence-electron chi connectivity index (χ0n) is 17.7. The van der Waals surface area contributed by atoms with Gasteiger partial charge in [0.1, 0.15) is 11.9 Å². The third-order valence-electron chi connectivity index (χ3n) is 5.97. The van der Waals surface area contributed by atoms with Gasteiger partial charge in [-0.2, -0.15) is 0 Å². The van der Waals surface area contributed by atoms with Crippen molar-refractivity contribution in [3.8, 4) is 5.75 Å². The van der Waals surface area contributed by atoms with Crippen LogP contribution in [0.2, 0.25) is 0 Å². The largest absolute Gasteiger partial charge is 0.490 e. The van der Waals surface area contributed by atoms with Crippen LogP contribution >= 0.6 is 15.9 Å². The molecule has 3 amide bonds. The van der Waals surface area contributed by atoms with E-state index in [0.717, 1.165) is 34.2 Å². The summed E-state index contributed by atoms with van der Waals surface area (Å²) in [6.07, 6.45) is 1.74. The van der Waals surface area contributed by atoms with Crippen molar-refractivity contribution < 1.29 is 19.1 Å². The number of likely N-dealkylation sites (tertiary alicyclic amines) is 1. The first-order valence-electron chi connectivity index (χ1n) is 10.5. The lowest BCUT2D eigenvalue weighted by Crippen LogP contribution is -2.43. The highest BCUT2D eigenvalue weighted by Gasteiger charge is 2.36. The van der Waals surface area contributed by atoms with Crippen LogP contribution in [0.15, 0.2) is 40.9 Å². The number of rotatable bonds is 5. The molecule has 2 aliphatic heterocycles. The van der Waals surface area contributed by atoms with E-state index in [1.54, 1.807) is 23.1 Å². The van der Waals surface area contributed by atoms with E-state index < -0.39 is 0 Å². The normalized spacial score (nSPS) is 16.6. The Bertz CT molecular complexity index is 1020. The van der Waals surface area contributed by atoms with Crippen LogP contribution in [0.1, 0.15) is 51.1 Å². The number of imide groups is 1. The molecule has 6 nitrogen and oxygen atoms in total. The van der Waals surface area contributed by atoms with Crippen molar-refractivity contribution >= 4 is 33.7 Å². The number of para-hydroxylation sites is 1. The fourth-order valence-corrected chi connectivity index (χ4v) is 4.57. The van der Waals surface area contributed by atoms with Crippen LogP contribution in [0.25, 0.3) is 0 Å². The predicted molar refractivity (Wildman–Crippen MR) is 120 cm³/mol. The molecule has 0 N–H and O–H groups in total. The molecule has 0 aliphatic carbocycles. The maximum Gasteiger partial charge on any atom is 0.261 e. The number of piperidine rings is 1. The second-order valence-corrected chi connectivity index (χ2v) is 9.04. The number of hydrogen-bond acceptors (Lipinski definition) is 4. The monoisotopic (exact) mass is 484 g/mol. The first-order chi connectivity index (χ1) is 14.8. The van der Waals surface area contributed by atoms with E-state index in [1.807, 2.05) is 32.0 Å². The fourth-order valence-electron chi connectivity index (χ4n) is 4.21. The van der Waals surface area contributed by atoms with Crippen LogP contribution in [0.5, 0.6) is 5.75 Å². The van der Waals surface area contributed by atoms with Gasteiger partial charge in [0.05, 0.1) is 11.1 Å². The Hall–Kier alpha value is -2.67. The minimum absolute atomic E-state index is 0.0386. The number of carbonyl (C=O) groups is 3. The molecule has 2 heterocycles. The summed E-state index contributed by atoms with van der Waals surface area (Å²) in [6, 6.07) is 11.1. The van der Waals surface area contributed by atoms with Gasteiger partial charge in [0, 0.05) is 43.4 Å². The summed E-state index contributed by atoms with van der Waals surface area (Å²) in [4.78, 5) is 40.8. The number of aryl methyl sites for hydroxylation is 2. The molecule has 0 aromatic heterocycles. The Kier molecular flexibility index (Phi) is 6.14. The second kappa shape index (κ2) is 8.83. The minimum atomic E-state index is -0.338. The lowest BCUT2D eigenvalue weighted by molar-refractivity contribution is -0.133. The molecule has 1 saturated heterocycles. The van der Waals surface area contributed by atoms with E-state index in [0.29, 0.717) is 24.2 Å². The van der Waals surface area contributed by atoms with Gasteiger partial charge in [-0.1, -0.05) is 34.1 Å². The number of nitrogens with zero attached hydrogens (tertiary/aromatic N) is 2. The first kappa shape index (κ1) is 21.6. The van der Waals surface area contributed by atoms with E-state index in [4.69, 9.17) is 4.74 Å². The van der Waals surface area contributed by atoms with Crippen molar-refractivity contribution in [1.82, 2.24) is 9.80 Å². The van der Waals surface area contributed by atoms with Crippen LogP contribution in [-0.2, 0) is 4.79 Å². The lowest BCUT2D eigenvalue weighted by atomic mass is 10.1. The quantitative estimate of drug-likeness (QED) is 0.598. The number of halogens is 1. The number of hydrogen-bond donors (Lipinski definition) is 0. The summed E-state index contributed by atoms with van der Waals surface area (Å²) in [5, 5.41) is 0. The van der Waals surface area contributed by atoms with Gasteiger partial charge < -0.3 is 9.64 Å². The smallest absolute Gasteiger partial charge is 0.261 e. The van der Waals surface area contributed by atoms with E-state index in [1.165, 1.54) is 4.90 Å². The molecule has 1 fully saturated rings. The third kappa shape index (κ3) is 4.37. The van der Waals surface area contributed by atoms with Crippen LogP contribution in [-0.4, -0.2) is 53.3 Å². The van der Waals surface area contributed by atoms with E-state index in [2.05, 4.69) is 15.9 Å². The van der Waals surface area contributed by atoms with Gasteiger partial charge in [-0.15, -0.1) is 0 Å². The van der Waals surface area contributed by atoms with Gasteiger partial charge in [0.25, 0.3) is 11.8 Å². The number of amides is 3. The molecule has 4 rings (SSSR count). The van der Waals surface area contributed by atoms with Gasteiger partial charge in [0.2, 0.25) is 5.91 Å². The maximum absolute atomic E-state index is 12.7. The summed E-state index contributed by atoms with van der Waals surface area (Å²) in [5.41, 5.74) is 3.01. The molecule has 0 unspecified atom stereocenters. The SMILES string of the molecule is Cc1cccc(C)c1OC1CCN(C(=O)CCN2C(=O)c3ccc(Br)cc3C2=O)CC1. The zero-order valence-corrected chi connectivity index (χ0v) is 19.3. The average molecular weight is 485 g/mol. The summed E-state index contributed by atoms with van der Waals surface area (Å²) >= 11 is 3.33. The standard InChI is InChI=1S/C24H25BrN2O4/c1-15-4-3-5-16(2)22(15)31-18-8-11-26(12-9-18)21(28)10-13-27-23(29)19-7-6-17(25)14-20(19)24(27)30/h3-7,14,18H,8-13H2,1-2H3. The van der Waals surface area contributed by atoms with Gasteiger partial charge in [-0.05, 0) is 43.2 Å². The van der Waals surface area contributed by atoms with Crippen LogP contribution in [0.4, 0.5) is 0 Å². The molecule has 7 heteroatoms. The van der Waals surface area contributed by atoms with Crippen molar-refractivity contribution in [3.63, 3.8) is 0 Å². The van der Waals surface area contributed by atoms with Crippen molar-refractivity contribution in [3.05, 3.63) is 63.1 Å². The van der Waals surface area contributed by atoms with Gasteiger partial charge in [-0.3, -0.25) is 19.3 Å². The van der Waals surface area contributed by atoms with Gasteiger partial charge in [-0.25, -0.2) is 0 Å². The number of benzene rings is 2. The molecule has 0 atom stereocenters. The Morgan fingerprint density at radius 1 is 1.03 bits per heavy atom. The molecule has 2 aromatic carbocycles. The average Bonchev–Trinajstić information content (AvgIpc) is 2.99. The lowest BCUT2D eigenvalue weighted by Gasteiger charge is -2.33. The third-order valence-corrected chi connectivity index (χ3v) is 6.46. The number of ether oxygens (including phenoxy) is 1. The maximum atomic E-state index is 12.7. The highest BCUT2D eigenvalue weighted by Crippen LogP contribution is 2.28. The van der Waals surface area contributed by atoms with Gasteiger partial charge >= 0.3 is 0 Å². The van der Waals surface area contributed by atoms with Gasteiger partial charge in [0.15, 0.2) is 0 Å². The Morgan fingerprint density at radius 3 is 2.35 bits per heavy atom. The van der Waals surface area contributed by atoms with Crippen molar-refractivity contribution in [1.29, 1.82) is 0 Å². The molecular formula is C24H25BrN2O4. The number of carbonyl (C=O) groups excluding carboxylic acids is 3. The predicted octanol–water partition coefficient (Wildman–Crippen LogP) is 4.12. The fraction of sp³-hybridized carbons (Fsp3) is 0.375. The minimum Gasteiger partial charge on any atom is -0.490 e. The molecule has 162 valence electrons. The topological polar surface area (TPSA) is 66.9 Å². The molecule has 0 spiro atoms. The molecule has 31 heavy (non-hydrogen) atoms. The van der Waals surface area contributed by atoms with E-state index >= 15 is 0 Å². The Balaban J connectivity index is 1.29. The van der Waals surface area contributed by atoms with Crippen molar-refractivity contribution in [2.24, 2.45) is 0 Å². The summed E-state index contributed by atoms with van der Waals surface area (Å²) in [7, 11) is 0. The molecular weight excluding hydrogens is 460 g/mol. The Labute approximate surface area is 190 Å². The molecule has 2 aliphatic rings. The first-order valence-corrected chi connectivity index (χ1v) is 11.3. The van der Waals surface area contributed by atoms with Crippen LogP contribution in [0.3, 0.4) is 0 Å². The summed E-state index contributed by atoms with van der Waals surface area (Å²) in [6.45, 7) is 5.41. The molecule has 0 saturated carbocycles. The van der Waals surface area contributed by atoms with E-state index in [-0.39, 0.29) is 36.8 Å². The van der Waals surface area contributed by atoms with Crippen LogP contribution < -0.4 is 4.74 Å². The summed E-state index contributed by atoms with van der Waals surface area (Å²) in [5.74, 6) is 0.226. The zero-order chi connectivity index (χ0) is 22.1. The highest BCUT2D eigenvalue weighted by molar-refractivity contribution is 9.10. The van der Waals surface area contributed by atoms with E-state index in [9.17, 15) is 14.4 Å². The molecule has 0 bridgehead atoms. The van der Waals surface area contributed by atoms with Crippen molar-refractivity contribution in [2.75, 3.05) is 19.6 Å². The number of fused-ring (bicyclic) bond motifs is 1.